The number of rotatable bonds is 6. The second-order valence-electron chi connectivity index (χ2n) is 7.56. The highest BCUT2D eigenvalue weighted by molar-refractivity contribution is 5.51. The number of aliphatic hydroxyl groups excluding tert-OH is 2. The van der Waals surface area contributed by atoms with E-state index in [9.17, 15) is 10.2 Å². The number of hydrogen-bond acceptors (Lipinski definition) is 6. The molecule has 2 heterocycles. The standard InChI is InChI=1S/C22H25N3O3/c26-16-22(13-17-7-3-1-4-8-17)15-25(12-11-19(22)27)14-20-23-24-21(28-20)18-9-5-2-6-10-18/h1-10,19,26-27H,11-16H2/t19-,22+/m0/s1. The number of nitrogens with zero attached hydrogens (tertiary/aromatic N) is 3. The zero-order valence-corrected chi connectivity index (χ0v) is 15.7. The van der Waals surface area contributed by atoms with Crippen molar-refractivity contribution in [3.63, 3.8) is 0 Å². The fourth-order valence-electron chi connectivity index (χ4n) is 3.97. The van der Waals surface area contributed by atoms with E-state index in [0.29, 0.717) is 37.7 Å². The van der Waals surface area contributed by atoms with Crippen LogP contribution in [0.2, 0.25) is 0 Å². The predicted molar refractivity (Wildman–Crippen MR) is 105 cm³/mol. The van der Waals surface area contributed by atoms with Gasteiger partial charge in [-0.2, -0.15) is 0 Å². The normalized spacial score (nSPS) is 23.0. The van der Waals surface area contributed by atoms with E-state index in [1.54, 1.807) is 0 Å². The third kappa shape index (κ3) is 3.99. The summed E-state index contributed by atoms with van der Waals surface area (Å²) >= 11 is 0. The van der Waals surface area contributed by atoms with Crippen LogP contribution in [0.4, 0.5) is 0 Å². The molecule has 0 aliphatic carbocycles. The average Bonchev–Trinajstić information content (AvgIpc) is 3.20. The van der Waals surface area contributed by atoms with Crippen molar-refractivity contribution in [2.75, 3.05) is 19.7 Å². The van der Waals surface area contributed by atoms with Crippen molar-refractivity contribution in [3.05, 3.63) is 72.1 Å². The summed E-state index contributed by atoms with van der Waals surface area (Å²) in [4.78, 5) is 2.17. The first-order valence-electron chi connectivity index (χ1n) is 9.61. The minimum absolute atomic E-state index is 0.0708. The number of aliphatic hydroxyl groups is 2. The third-order valence-electron chi connectivity index (χ3n) is 5.52. The number of benzene rings is 2. The largest absolute Gasteiger partial charge is 0.419 e. The second kappa shape index (κ2) is 8.22. The molecule has 6 nitrogen and oxygen atoms in total. The molecule has 1 fully saturated rings. The van der Waals surface area contributed by atoms with Crippen LogP contribution < -0.4 is 0 Å². The Hall–Kier alpha value is -2.54. The maximum Gasteiger partial charge on any atom is 0.247 e. The Morgan fingerprint density at radius 1 is 1.04 bits per heavy atom. The van der Waals surface area contributed by atoms with Gasteiger partial charge in [0, 0.05) is 24.1 Å². The summed E-state index contributed by atoms with van der Waals surface area (Å²) in [7, 11) is 0. The Kier molecular flexibility index (Phi) is 5.52. The Labute approximate surface area is 164 Å². The van der Waals surface area contributed by atoms with Crippen molar-refractivity contribution < 1.29 is 14.6 Å². The van der Waals surface area contributed by atoms with Gasteiger partial charge in [-0.05, 0) is 30.5 Å². The van der Waals surface area contributed by atoms with E-state index < -0.39 is 11.5 Å². The molecule has 146 valence electrons. The molecule has 6 heteroatoms. The lowest BCUT2D eigenvalue weighted by atomic mass is 9.73. The third-order valence-corrected chi connectivity index (χ3v) is 5.52. The molecule has 2 atom stereocenters. The van der Waals surface area contributed by atoms with Crippen LogP contribution >= 0.6 is 0 Å². The molecule has 0 unspecified atom stereocenters. The van der Waals surface area contributed by atoms with E-state index in [0.717, 1.165) is 17.7 Å². The van der Waals surface area contributed by atoms with Gasteiger partial charge in [0.05, 0.1) is 19.3 Å². The van der Waals surface area contributed by atoms with Gasteiger partial charge in [0.25, 0.3) is 0 Å². The van der Waals surface area contributed by atoms with Gasteiger partial charge in [-0.3, -0.25) is 4.90 Å². The Balaban J connectivity index is 1.48. The molecule has 28 heavy (non-hydrogen) atoms. The fourth-order valence-corrected chi connectivity index (χ4v) is 3.97. The molecule has 0 amide bonds. The summed E-state index contributed by atoms with van der Waals surface area (Å²) in [6.45, 7) is 1.73. The van der Waals surface area contributed by atoms with E-state index >= 15 is 0 Å². The first-order valence-corrected chi connectivity index (χ1v) is 9.61. The highest BCUT2D eigenvalue weighted by Gasteiger charge is 2.42. The fraction of sp³-hybridized carbons (Fsp3) is 0.364. The molecular formula is C22H25N3O3. The van der Waals surface area contributed by atoms with E-state index in [4.69, 9.17) is 4.42 Å². The van der Waals surface area contributed by atoms with E-state index in [-0.39, 0.29) is 6.61 Å². The highest BCUT2D eigenvalue weighted by Crippen LogP contribution is 2.34. The minimum Gasteiger partial charge on any atom is -0.419 e. The van der Waals surface area contributed by atoms with Crippen molar-refractivity contribution in [2.24, 2.45) is 5.41 Å². The molecule has 0 spiro atoms. The summed E-state index contributed by atoms with van der Waals surface area (Å²) in [5.41, 5.74) is 1.41. The van der Waals surface area contributed by atoms with Gasteiger partial charge in [0.2, 0.25) is 11.8 Å². The molecular weight excluding hydrogens is 354 g/mol. The van der Waals surface area contributed by atoms with Crippen LogP contribution in [-0.2, 0) is 13.0 Å². The van der Waals surface area contributed by atoms with Crippen LogP contribution in [0.1, 0.15) is 17.9 Å². The molecule has 1 aromatic heterocycles. The molecule has 1 saturated heterocycles. The monoisotopic (exact) mass is 379 g/mol. The quantitative estimate of drug-likeness (QED) is 0.685. The number of likely N-dealkylation sites (tertiary alicyclic amines) is 1. The summed E-state index contributed by atoms with van der Waals surface area (Å²) < 4.78 is 5.83. The molecule has 1 aliphatic rings. The number of hydrogen-bond donors (Lipinski definition) is 2. The first-order chi connectivity index (χ1) is 13.7. The van der Waals surface area contributed by atoms with Gasteiger partial charge in [0.1, 0.15) is 0 Å². The van der Waals surface area contributed by atoms with Crippen molar-refractivity contribution in [1.82, 2.24) is 15.1 Å². The van der Waals surface area contributed by atoms with Gasteiger partial charge < -0.3 is 14.6 Å². The van der Waals surface area contributed by atoms with Gasteiger partial charge in [-0.1, -0.05) is 48.5 Å². The molecule has 0 bridgehead atoms. The van der Waals surface area contributed by atoms with Gasteiger partial charge in [-0.15, -0.1) is 10.2 Å². The van der Waals surface area contributed by atoms with Gasteiger partial charge in [0.15, 0.2) is 0 Å². The molecule has 0 radical (unpaired) electrons. The molecule has 2 aromatic carbocycles. The molecule has 4 rings (SSSR count). The molecule has 3 aromatic rings. The zero-order valence-electron chi connectivity index (χ0n) is 15.7. The highest BCUT2D eigenvalue weighted by atomic mass is 16.4. The van der Waals surface area contributed by atoms with Crippen LogP contribution in [-0.4, -0.2) is 51.1 Å². The average molecular weight is 379 g/mol. The van der Waals surface area contributed by atoms with Crippen LogP contribution in [0.3, 0.4) is 0 Å². The van der Waals surface area contributed by atoms with Crippen LogP contribution in [0.5, 0.6) is 0 Å². The van der Waals surface area contributed by atoms with Crippen molar-refractivity contribution in [3.8, 4) is 11.5 Å². The van der Waals surface area contributed by atoms with Crippen molar-refractivity contribution in [2.45, 2.75) is 25.5 Å². The minimum atomic E-state index is -0.595. The Morgan fingerprint density at radius 3 is 2.46 bits per heavy atom. The predicted octanol–water partition coefficient (Wildman–Crippen LogP) is 2.52. The SMILES string of the molecule is OC[C@@]1(Cc2ccccc2)CN(Cc2nnc(-c3ccccc3)o2)CC[C@@H]1O. The van der Waals surface area contributed by atoms with Crippen molar-refractivity contribution >= 4 is 0 Å². The first kappa shape index (κ1) is 18.8. The lowest BCUT2D eigenvalue weighted by Gasteiger charge is -2.45. The zero-order chi connectivity index (χ0) is 19.4. The number of piperidine rings is 1. The summed E-state index contributed by atoms with van der Waals surface area (Å²) in [5.74, 6) is 1.05. The molecule has 1 aliphatic heterocycles. The smallest absolute Gasteiger partial charge is 0.247 e. The van der Waals surface area contributed by atoms with Crippen LogP contribution in [0.15, 0.2) is 65.1 Å². The van der Waals surface area contributed by atoms with Crippen LogP contribution in [0, 0.1) is 5.41 Å². The van der Waals surface area contributed by atoms with E-state index in [1.807, 2.05) is 60.7 Å². The topological polar surface area (TPSA) is 82.6 Å². The summed E-state index contributed by atoms with van der Waals surface area (Å²) in [6, 6.07) is 19.7. The number of aromatic nitrogens is 2. The second-order valence-corrected chi connectivity index (χ2v) is 7.56. The van der Waals surface area contributed by atoms with E-state index in [1.165, 1.54) is 0 Å². The molecule has 0 saturated carbocycles. The van der Waals surface area contributed by atoms with Gasteiger partial charge in [-0.25, -0.2) is 0 Å². The van der Waals surface area contributed by atoms with Crippen LogP contribution in [0.25, 0.3) is 11.5 Å². The van der Waals surface area contributed by atoms with Crippen molar-refractivity contribution in [1.29, 1.82) is 0 Å². The maximum absolute atomic E-state index is 10.7. The lowest BCUT2D eigenvalue weighted by molar-refractivity contribution is -0.0782. The summed E-state index contributed by atoms with van der Waals surface area (Å²) in [6.07, 6.45) is 0.685. The summed E-state index contributed by atoms with van der Waals surface area (Å²) in [5, 5.41) is 29.2. The van der Waals surface area contributed by atoms with Gasteiger partial charge >= 0.3 is 0 Å². The maximum atomic E-state index is 10.7. The Morgan fingerprint density at radius 2 is 1.75 bits per heavy atom. The lowest BCUT2D eigenvalue weighted by Crippen LogP contribution is -2.54. The molecule has 2 N–H and O–H groups in total. The van der Waals surface area contributed by atoms with E-state index in [2.05, 4.69) is 15.1 Å². The Bertz CT molecular complexity index is 884.